The number of ketones is 1. The number of carboxylic acid groups (broad SMARTS) is 1. The van der Waals surface area contributed by atoms with Crippen molar-refractivity contribution in [3.63, 3.8) is 0 Å². The van der Waals surface area contributed by atoms with Gasteiger partial charge < -0.3 is 15.7 Å². The van der Waals surface area contributed by atoms with Gasteiger partial charge in [-0.3, -0.25) is 9.59 Å². The molecule has 0 saturated carbocycles. The van der Waals surface area contributed by atoms with Gasteiger partial charge in [0, 0.05) is 28.4 Å². The van der Waals surface area contributed by atoms with E-state index < -0.39 is 12.0 Å². The zero-order chi connectivity index (χ0) is 17.5. The lowest BCUT2D eigenvalue weighted by Crippen LogP contribution is -2.19. The number of benzene rings is 2. The number of urea groups is 1. The Hall–Kier alpha value is -2.86. The van der Waals surface area contributed by atoms with Crippen molar-refractivity contribution in [1.29, 1.82) is 0 Å². The predicted octanol–water partition coefficient (Wildman–Crippen LogP) is 4.03. The highest BCUT2D eigenvalue weighted by molar-refractivity contribution is 6.30. The van der Waals surface area contributed by atoms with Crippen LogP contribution in [0, 0.1) is 0 Å². The lowest BCUT2D eigenvalue weighted by molar-refractivity contribution is -0.136. The number of hydrogen-bond acceptors (Lipinski definition) is 3. The molecule has 124 valence electrons. The summed E-state index contributed by atoms with van der Waals surface area (Å²) in [5.41, 5.74) is 1.51. The van der Waals surface area contributed by atoms with Crippen molar-refractivity contribution in [3.8, 4) is 0 Å². The maximum absolute atomic E-state index is 11.9. The molecule has 3 N–H and O–H groups in total. The van der Waals surface area contributed by atoms with E-state index in [-0.39, 0.29) is 18.6 Å². The molecular weight excluding hydrogens is 332 g/mol. The summed E-state index contributed by atoms with van der Waals surface area (Å²) in [7, 11) is 0. The average molecular weight is 347 g/mol. The van der Waals surface area contributed by atoms with Crippen molar-refractivity contribution in [2.75, 3.05) is 10.6 Å². The summed E-state index contributed by atoms with van der Waals surface area (Å²) in [6, 6.07) is 12.5. The summed E-state index contributed by atoms with van der Waals surface area (Å²) in [6.45, 7) is 0. The Kier molecular flexibility index (Phi) is 5.92. The normalized spacial score (nSPS) is 10.0. The number of nitrogens with one attached hydrogen (secondary N) is 2. The van der Waals surface area contributed by atoms with Crippen LogP contribution in [0.5, 0.6) is 0 Å². The Bertz CT molecular complexity index is 742. The van der Waals surface area contributed by atoms with E-state index >= 15 is 0 Å². The molecule has 24 heavy (non-hydrogen) atoms. The fourth-order valence-corrected chi connectivity index (χ4v) is 2.06. The summed E-state index contributed by atoms with van der Waals surface area (Å²) in [5.74, 6) is -1.27. The molecule has 0 fully saturated rings. The SMILES string of the molecule is O=C(O)CCC(=O)c1ccc(NC(=O)Nc2ccc(Cl)cc2)cc1. The van der Waals surface area contributed by atoms with Gasteiger partial charge in [0.05, 0.1) is 6.42 Å². The van der Waals surface area contributed by atoms with Crippen molar-refractivity contribution >= 4 is 40.8 Å². The van der Waals surface area contributed by atoms with Gasteiger partial charge in [-0.2, -0.15) is 0 Å². The molecule has 0 bridgehead atoms. The summed E-state index contributed by atoms with van der Waals surface area (Å²) < 4.78 is 0. The van der Waals surface area contributed by atoms with E-state index in [1.807, 2.05) is 0 Å². The lowest BCUT2D eigenvalue weighted by Gasteiger charge is -2.08. The highest BCUT2D eigenvalue weighted by Crippen LogP contribution is 2.15. The highest BCUT2D eigenvalue weighted by atomic mass is 35.5. The molecule has 0 radical (unpaired) electrons. The van der Waals surface area contributed by atoms with Crippen LogP contribution in [0.4, 0.5) is 16.2 Å². The van der Waals surface area contributed by atoms with Crippen LogP contribution in [0.15, 0.2) is 48.5 Å². The molecule has 0 heterocycles. The number of aliphatic carboxylic acids is 1. The molecule has 2 aromatic carbocycles. The fourth-order valence-electron chi connectivity index (χ4n) is 1.93. The highest BCUT2D eigenvalue weighted by Gasteiger charge is 2.09. The van der Waals surface area contributed by atoms with Gasteiger partial charge in [0.25, 0.3) is 0 Å². The molecular formula is C17H15ClN2O4. The van der Waals surface area contributed by atoms with Gasteiger partial charge in [-0.25, -0.2) is 4.79 Å². The summed E-state index contributed by atoms with van der Waals surface area (Å²) >= 11 is 5.77. The second-order valence-electron chi connectivity index (χ2n) is 4.98. The maximum atomic E-state index is 11.9. The number of hydrogen-bond donors (Lipinski definition) is 3. The standard InChI is InChI=1S/C17H15ClN2O4/c18-12-3-7-14(8-4-12)20-17(24)19-13-5-1-11(2-6-13)15(21)9-10-16(22)23/h1-8H,9-10H2,(H,22,23)(H2,19,20,24). The Morgan fingerprint density at radius 1 is 0.833 bits per heavy atom. The number of Topliss-reactive ketones (excluding diaryl/α,β-unsaturated/α-hetero) is 1. The van der Waals surface area contributed by atoms with E-state index in [4.69, 9.17) is 16.7 Å². The van der Waals surface area contributed by atoms with Crippen molar-refractivity contribution in [2.24, 2.45) is 0 Å². The molecule has 2 rings (SSSR count). The first-order valence-corrected chi connectivity index (χ1v) is 7.50. The van der Waals surface area contributed by atoms with Gasteiger partial charge in [0.1, 0.15) is 0 Å². The van der Waals surface area contributed by atoms with E-state index in [1.54, 1.807) is 48.5 Å². The Labute approximate surface area is 143 Å². The van der Waals surface area contributed by atoms with E-state index in [9.17, 15) is 14.4 Å². The van der Waals surface area contributed by atoms with E-state index in [0.717, 1.165) is 0 Å². The molecule has 0 aromatic heterocycles. The van der Waals surface area contributed by atoms with E-state index in [1.165, 1.54) is 0 Å². The maximum Gasteiger partial charge on any atom is 0.323 e. The van der Waals surface area contributed by atoms with E-state index in [2.05, 4.69) is 10.6 Å². The molecule has 0 aliphatic carbocycles. The number of carbonyl (C=O) groups excluding carboxylic acids is 2. The zero-order valence-corrected chi connectivity index (χ0v) is 13.3. The lowest BCUT2D eigenvalue weighted by atomic mass is 10.1. The van der Waals surface area contributed by atoms with E-state index in [0.29, 0.717) is 22.0 Å². The minimum absolute atomic E-state index is 0.0564. The molecule has 0 spiro atoms. The molecule has 7 heteroatoms. The first-order valence-electron chi connectivity index (χ1n) is 7.12. The number of carboxylic acids is 1. The third-order valence-electron chi connectivity index (χ3n) is 3.13. The first-order chi connectivity index (χ1) is 11.4. The minimum atomic E-state index is -1.01. The number of halogens is 1. The molecule has 6 nitrogen and oxygen atoms in total. The van der Waals surface area contributed by atoms with Crippen molar-refractivity contribution in [1.82, 2.24) is 0 Å². The zero-order valence-electron chi connectivity index (χ0n) is 12.6. The summed E-state index contributed by atoms with van der Waals surface area (Å²) in [4.78, 5) is 34.1. The topological polar surface area (TPSA) is 95.5 Å². The van der Waals surface area contributed by atoms with Crippen molar-refractivity contribution in [3.05, 3.63) is 59.1 Å². The third kappa shape index (κ3) is 5.40. The summed E-state index contributed by atoms with van der Waals surface area (Å²) in [6.07, 6.45) is -0.262. The van der Waals surface area contributed by atoms with Crippen molar-refractivity contribution in [2.45, 2.75) is 12.8 Å². The Morgan fingerprint density at radius 2 is 1.33 bits per heavy atom. The van der Waals surface area contributed by atoms with Crippen LogP contribution in [0.2, 0.25) is 5.02 Å². The predicted molar refractivity (Wildman–Crippen MR) is 91.7 cm³/mol. The van der Waals surface area contributed by atoms with Gasteiger partial charge in [-0.1, -0.05) is 11.6 Å². The van der Waals surface area contributed by atoms with Crippen LogP contribution < -0.4 is 10.6 Å². The van der Waals surface area contributed by atoms with Gasteiger partial charge in [-0.05, 0) is 48.5 Å². The molecule has 2 aromatic rings. The van der Waals surface area contributed by atoms with Crippen molar-refractivity contribution < 1.29 is 19.5 Å². The molecule has 0 atom stereocenters. The van der Waals surface area contributed by atoms with Crippen LogP contribution in [0.3, 0.4) is 0 Å². The van der Waals surface area contributed by atoms with Crippen LogP contribution in [-0.4, -0.2) is 22.9 Å². The minimum Gasteiger partial charge on any atom is -0.481 e. The largest absolute Gasteiger partial charge is 0.481 e. The first kappa shape index (κ1) is 17.5. The van der Waals surface area contributed by atoms with Gasteiger partial charge in [0.15, 0.2) is 5.78 Å². The fraction of sp³-hybridized carbons (Fsp3) is 0.118. The molecule has 0 unspecified atom stereocenters. The second kappa shape index (κ2) is 8.12. The number of carbonyl (C=O) groups is 3. The molecule has 0 aliphatic rings. The van der Waals surface area contributed by atoms with Gasteiger partial charge in [0.2, 0.25) is 0 Å². The quantitative estimate of drug-likeness (QED) is 0.688. The molecule has 0 saturated heterocycles. The number of amides is 2. The van der Waals surface area contributed by atoms with Crippen LogP contribution in [0.1, 0.15) is 23.2 Å². The van der Waals surface area contributed by atoms with Crippen LogP contribution >= 0.6 is 11.6 Å². The number of rotatable bonds is 6. The Balaban J connectivity index is 1.91. The number of anilines is 2. The Morgan fingerprint density at radius 3 is 1.83 bits per heavy atom. The van der Waals surface area contributed by atoms with Crippen LogP contribution in [0.25, 0.3) is 0 Å². The third-order valence-corrected chi connectivity index (χ3v) is 3.38. The van der Waals surface area contributed by atoms with Crippen LogP contribution in [-0.2, 0) is 4.79 Å². The second-order valence-corrected chi connectivity index (χ2v) is 5.42. The monoisotopic (exact) mass is 346 g/mol. The van der Waals surface area contributed by atoms with Gasteiger partial charge >= 0.3 is 12.0 Å². The molecule has 2 amide bonds. The summed E-state index contributed by atoms with van der Waals surface area (Å²) in [5, 5.41) is 14.4. The average Bonchev–Trinajstić information content (AvgIpc) is 2.55. The van der Waals surface area contributed by atoms with Gasteiger partial charge in [-0.15, -0.1) is 0 Å². The smallest absolute Gasteiger partial charge is 0.323 e. The molecule has 0 aliphatic heterocycles.